The van der Waals surface area contributed by atoms with E-state index in [-0.39, 0.29) is 8.80 Å². The minimum absolute atomic E-state index is 0.158. The molecule has 2 heteroatoms. The van der Waals surface area contributed by atoms with Crippen LogP contribution in [0.1, 0.15) is 26.2 Å². The van der Waals surface area contributed by atoms with Crippen molar-refractivity contribution < 1.29 is 5.11 Å². The van der Waals surface area contributed by atoms with Gasteiger partial charge in [0.1, 0.15) is 0 Å². The Morgan fingerprint density at radius 2 is 1.90 bits per heavy atom. The van der Waals surface area contributed by atoms with Crippen molar-refractivity contribution in [3.8, 4) is 0 Å². The molecule has 0 rings (SSSR count). The Bertz CT molecular complexity index is 67.7. The molecule has 1 radical (unpaired) electrons. The van der Waals surface area contributed by atoms with Crippen LogP contribution in [0.4, 0.5) is 0 Å². The lowest BCUT2D eigenvalue weighted by Crippen LogP contribution is -2.13. The van der Waals surface area contributed by atoms with Crippen LogP contribution in [-0.4, -0.2) is 20.5 Å². The molecular formula is C8H19OSi. The van der Waals surface area contributed by atoms with Gasteiger partial charge in [0.15, 0.2) is 0 Å². The highest BCUT2D eigenvalue weighted by Gasteiger charge is 2.11. The van der Waals surface area contributed by atoms with Crippen LogP contribution in [0.5, 0.6) is 0 Å². The van der Waals surface area contributed by atoms with Crippen LogP contribution in [0.15, 0.2) is 0 Å². The zero-order valence-electron chi connectivity index (χ0n) is 7.35. The van der Waals surface area contributed by atoms with Gasteiger partial charge in [-0.25, -0.2) is 0 Å². The predicted octanol–water partition coefficient (Wildman–Crippen LogP) is 2.29. The standard InChI is InChI=1S/C8H19OSi/c1-4-5-8(6-7-9)10(2)3/h8-9H,4-7H2,1-3H3. The minimum atomic E-state index is -0.158. The summed E-state index contributed by atoms with van der Waals surface area (Å²) in [6.45, 7) is 7.26. The van der Waals surface area contributed by atoms with E-state index in [9.17, 15) is 0 Å². The second-order valence-electron chi connectivity index (χ2n) is 3.08. The maximum atomic E-state index is 8.73. The van der Waals surface area contributed by atoms with Gasteiger partial charge >= 0.3 is 0 Å². The molecule has 0 aromatic rings. The van der Waals surface area contributed by atoms with Gasteiger partial charge < -0.3 is 5.11 Å². The zero-order chi connectivity index (χ0) is 7.98. The van der Waals surface area contributed by atoms with Gasteiger partial charge in [0, 0.05) is 15.4 Å². The van der Waals surface area contributed by atoms with Crippen LogP contribution < -0.4 is 0 Å². The molecule has 1 atom stereocenters. The van der Waals surface area contributed by atoms with Crippen molar-refractivity contribution in [1.29, 1.82) is 0 Å². The van der Waals surface area contributed by atoms with Crippen molar-refractivity contribution in [2.45, 2.75) is 44.8 Å². The molecule has 0 spiro atoms. The molecule has 0 heterocycles. The Morgan fingerprint density at radius 1 is 1.30 bits per heavy atom. The lowest BCUT2D eigenvalue weighted by Gasteiger charge is -2.16. The molecule has 1 N–H and O–H groups in total. The largest absolute Gasteiger partial charge is 0.396 e. The first kappa shape index (κ1) is 10.2. The molecule has 1 unspecified atom stereocenters. The van der Waals surface area contributed by atoms with Gasteiger partial charge in [-0.2, -0.15) is 0 Å². The fourth-order valence-electron chi connectivity index (χ4n) is 1.23. The number of aliphatic hydroxyl groups excluding tert-OH is 1. The monoisotopic (exact) mass is 159 g/mol. The van der Waals surface area contributed by atoms with Gasteiger partial charge in [0.25, 0.3) is 0 Å². The van der Waals surface area contributed by atoms with Crippen LogP contribution >= 0.6 is 0 Å². The van der Waals surface area contributed by atoms with Crippen LogP contribution in [0.2, 0.25) is 18.6 Å². The smallest absolute Gasteiger partial charge is 0.0446 e. The van der Waals surface area contributed by atoms with Gasteiger partial charge in [-0.1, -0.05) is 32.9 Å². The van der Waals surface area contributed by atoms with Crippen molar-refractivity contribution in [2.75, 3.05) is 6.61 Å². The summed E-state index contributed by atoms with van der Waals surface area (Å²) in [5, 5.41) is 8.73. The number of hydrogen-bond acceptors (Lipinski definition) is 1. The zero-order valence-corrected chi connectivity index (χ0v) is 8.35. The van der Waals surface area contributed by atoms with Gasteiger partial charge in [-0.15, -0.1) is 0 Å². The second kappa shape index (κ2) is 5.92. The van der Waals surface area contributed by atoms with Gasteiger partial charge in [0.05, 0.1) is 0 Å². The van der Waals surface area contributed by atoms with E-state index in [2.05, 4.69) is 20.0 Å². The molecule has 61 valence electrons. The Hall–Kier alpha value is 0.177. The third-order valence-corrected chi connectivity index (χ3v) is 4.14. The molecule has 0 aromatic heterocycles. The summed E-state index contributed by atoms with van der Waals surface area (Å²) in [7, 11) is -0.158. The van der Waals surface area contributed by atoms with Crippen molar-refractivity contribution in [3.05, 3.63) is 0 Å². The van der Waals surface area contributed by atoms with Gasteiger partial charge in [0.2, 0.25) is 0 Å². The van der Waals surface area contributed by atoms with Crippen molar-refractivity contribution in [2.24, 2.45) is 0 Å². The molecule has 0 aliphatic rings. The van der Waals surface area contributed by atoms with Crippen molar-refractivity contribution in [1.82, 2.24) is 0 Å². The van der Waals surface area contributed by atoms with E-state index in [4.69, 9.17) is 5.11 Å². The minimum Gasteiger partial charge on any atom is -0.396 e. The van der Waals surface area contributed by atoms with Gasteiger partial charge in [-0.05, 0) is 12.0 Å². The highest BCUT2D eigenvalue weighted by Crippen LogP contribution is 2.20. The van der Waals surface area contributed by atoms with E-state index < -0.39 is 0 Å². The number of hydrogen-bond donors (Lipinski definition) is 1. The maximum absolute atomic E-state index is 8.73. The fourth-order valence-corrected chi connectivity index (χ4v) is 2.80. The third-order valence-electron chi connectivity index (χ3n) is 1.93. The van der Waals surface area contributed by atoms with E-state index in [0.717, 1.165) is 12.0 Å². The molecule has 0 aliphatic heterocycles. The molecule has 0 aliphatic carbocycles. The first-order chi connectivity index (χ1) is 4.72. The predicted molar refractivity (Wildman–Crippen MR) is 47.8 cm³/mol. The summed E-state index contributed by atoms with van der Waals surface area (Å²) in [6, 6.07) is 0. The summed E-state index contributed by atoms with van der Waals surface area (Å²) in [5.41, 5.74) is 0.833. The summed E-state index contributed by atoms with van der Waals surface area (Å²) < 4.78 is 0. The molecular weight excluding hydrogens is 140 g/mol. The topological polar surface area (TPSA) is 20.2 Å². The molecule has 0 aromatic carbocycles. The van der Waals surface area contributed by atoms with E-state index in [0.29, 0.717) is 6.61 Å². The molecule has 0 amide bonds. The van der Waals surface area contributed by atoms with E-state index in [1.807, 2.05) is 0 Å². The average Bonchev–Trinajstić information content (AvgIpc) is 1.87. The SMILES string of the molecule is CCCC(CCO)[Si](C)C. The highest BCUT2D eigenvalue weighted by atomic mass is 28.3. The summed E-state index contributed by atoms with van der Waals surface area (Å²) in [6.07, 6.45) is 3.59. The quantitative estimate of drug-likeness (QED) is 0.610. The molecule has 0 saturated carbocycles. The van der Waals surface area contributed by atoms with E-state index in [1.165, 1.54) is 12.8 Å². The summed E-state index contributed by atoms with van der Waals surface area (Å²) in [5.74, 6) is 0. The Kier molecular flexibility index (Phi) is 6.03. The van der Waals surface area contributed by atoms with Crippen LogP contribution in [-0.2, 0) is 0 Å². The lowest BCUT2D eigenvalue weighted by molar-refractivity contribution is 0.282. The van der Waals surface area contributed by atoms with Crippen LogP contribution in [0, 0.1) is 0 Å². The summed E-state index contributed by atoms with van der Waals surface area (Å²) >= 11 is 0. The van der Waals surface area contributed by atoms with Crippen LogP contribution in [0.25, 0.3) is 0 Å². The third kappa shape index (κ3) is 4.07. The molecule has 0 bridgehead atoms. The summed E-state index contributed by atoms with van der Waals surface area (Å²) in [4.78, 5) is 0. The van der Waals surface area contributed by atoms with Gasteiger partial charge in [-0.3, -0.25) is 0 Å². The number of aliphatic hydroxyl groups is 1. The number of rotatable bonds is 5. The fraction of sp³-hybridized carbons (Fsp3) is 1.00. The van der Waals surface area contributed by atoms with Crippen LogP contribution in [0.3, 0.4) is 0 Å². The Balaban J connectivity index is 3.50. The Labute approximate surface area is 66.1 Å². The molecule has 1 nitrogen and oxygen atoms in total. The Morgan fingerprint density at radius 3 is 2.20 bits per heavy atom. The van der Waals surface area contributed by atoms with E-state index in [1.54, 1.807) is 0 Å². The van der Waals surface area contributed by atoms with E-state index >= 15 is 0 Å². The van der Waals surface area contributed by atoms with Crippen molar-refractivity contribution in [3.63, 3.8) is 0 Å². The first-order valence-corrected chi connectivity index (χ1v) is 6.71. The maximum Gasteiger partial charge on any atom is 0.0446 e. The lowest BCUT2D eigenvalue weighted by atomic mass is 10.2. The molecule has 0 fully saturated rings. The molecule has 0 saturated heterocycles. The normalized spacial score (nSPS) is 14.1. The molecule has 10 heavy (non-hydrogen) atoms. The second-order valence-corrected chi connectivity index (χ2v) is 6.05. The van der Waals surface area contributed by atoms with Crippen molar-refractivity contribution >= 4 is 8.80 Å². The highest BCUT2D eigenvalue weighted by molar-refractivity contribution is 6.57. The average molecular weight is 159 g/mol. The first-order valence-electron chi connectivity index (χ1n) is 4.13.